The normalized spacial score (nSPS) is 23.0. The molecule has 2 rings (SSSR count). The van der Waals surface area contributed by atoms with Crippen molar-refractivity contribution in [3.8, 4) is 0 Å². The van der Waals surface area contributed by atoms with Crippen LogP contribution in [0.4, 0.5) is 11.4 Å². The summed E-state index contributed by atoms with van der Waals surface area (Å²) in [5, 5.41) is 14.4. The Morgan fingerprint density at radius 3 is 2.81 bits per heavy atom. The van der Waals surface area contributed by atoms with E-state index in [2.05, 4.69) is 24.1 Å². The minimum atomic E-state index is -0.302. The molecule has 0 radical (unpaired) electrons. The van der Waals surface area contributed by atoms with Gasteiger partial charge in [0.1, 0.15) is 5.69 Å². The van der Waals surface area contributed by atoms with Crippen LogP contribution in [0.2, 0.25) is 0 Å². The molecule has 5 nitrogen and oxygen atoms in total. The molecule has 0 aromatic heterocycles. The van der Waals surface area contributed by atoms with Gasteiger partial charge >= 0.3 is 0 Å². The van der Waals surface area contributed by atoms with Crippen molar-refractivity contribution in [3.05, 3.63) is 33.9 Å². The SMILES string of the molecule is CCNc1c(CN2CC(C)CCC2C)cccc1[N+](=O)[O-]. The van der Waals surface area contributed by atoms with Crippen molar-refractivity contribution in [2.45, 2.75) is 46.2 Å². The Balaban J connectivity index is 2.26. The van der Waals surface area contributed by atoms with E-state index in [0.717, 1.165) is 18.7 Å². The van der Waals surface area contributed by atoms with E-state index in [1.807, 2.05) is 13.0 Å². The lowest BCUT2D eigenvalue weighted by Gasteiger charge is -2.37. The van der Waals surface area contributed by atoms with Crippen molar-refractivity contribution in [2.24, 2.45) is 5.92 Å². The van der Waals surface area contributed by atoms with Gasteiger partial charge in [0.05, 0.1) is 4.92 Å². The van der Waals surface area contributed by atoms with Gasteiger partial charge < -0.3 is 5.32 Å². The molecule has 0 bridgehead atoms. The van der Waals surface area contributed by atoms with Crippen molar-refractivity contribution in [1.82, 2.24) is 4.90 Å². The largest absolute Gasteiger partial charge is 0.380 e. The summed E-state index contributed by atoms with van der Waals surface area (Å²) in [5.41, 5.74) is 1.87. The monoisotopic (exact) mass is 291 g/mol. The van der Waals surface area contributed by atoms with Gasteiger partial charge in [-0.05, 0) is 38.2 Å². The highest BCUT2D eigenvalue weighted by atomic mass is 16.6. The number of nitro benzene ring substituents is 1. The van der Waals surface area contributed by atoms with E-state index in [1.54, 1.807) is 12.1 Å². The zero-order valence-electron chi connectivity index (χ0n) is 13.1. The predicted octanol–water partition coefficient (Wildman–Crippen LogP) is 3.65. The van der Waals surface area contributed by atoms with E-state index in [9.17, 15) is 10.1 Å². The molecule has 0 spiro atoms. The summed E-state index contributed by atoms with van der Waals surface area (Å²) in [7, 11) is 0. The van der Waals surface area contributed by atoms with Crippen molar-refractivity contribution in [3.63, 3.8) is 0 Å². The molecule has 21 heavy (non-hydrogen) atoms. The summed E-state index contributed by atoms with van der Waals surface area (Å²) in [4.78, 5) is 13.3. The van der Waals surface area contributed by atoms with Crippen LogP contribution in [-0.4, -0.2) is 29.0 Å². The van der Waals surface area contributed by atoms with E-state index < -0.39 is 0 Å². The van der Waals surface area contributed by atoms with Crippen LogP contribution in [0.15, 0.2) is 18.2 Å². The maximum absolute atomic E-state index is 11.2. The molecule has 0 aliphatic carbocycles. The Labute approximate surface area is 126 Å². The Kier molecular flexibility index (Phi) is 5.17. The molecule has 1 fully saturated rings. The van der Waals surface area contributed by atoms with Gasteiger partial charge in [0.25, 0.3) is 5.69 Å². The Hall–Kier alpha value is -1.62. The molecule has 1 N–H and O–H groups in total. The smallest absolute Gasteiger partial charge is 0.292 e. The van der Waals surface area contributed by atoms with E-state index in [0.29, 0.717) is 24.2 Å². The molecule has 1 aromatic rings. The third-order valence-corrected chi connectivity index (χ3v) is 4.30. The highest BCUT2D eigenvalue weighted by Crippen LogP contribution is 2.31. The van der Waals surface area contributed by atoms with Crippen LogP contribution in [0.25, 0.3) is 0 Å². The minimum Gasteiger partial charge on any atom is -0.380 e. The van der Waals surface area contributed by atoms with E-state index in [-0.39, 0.29) is 10.6 Å². The van der Waals surface area contributed by atoms with Gasteiger partial charge in [0.15, 0.2) is 0 Å². The third-order valence-electron chi connectivity index (χ3n) is 4.30. The van der Waals surface area contributed by atoms with Gasteiger partial charge in [0.2, 0.25) is 0 Å². The first kappa shape index (κ1) is 15.8. The first-order valence-corrected chi connectivity index (χ1v) is 7.77. The summed E-state index contributed by atoms with van der Waals surface area (Å²) < 4.78 is 0. The quantitative estimate of drug-likeness (QED) is 0.664. The lowest BCUT2D eigenvalue weighted by atomic mass is 9.94. The highest BCUT2D eigenvalue weighted by molar-refractivity contribution is 5.66. The number of anilines is 1. The van der Waals surface area contributed by atoms with Gasteiger partial charge in [-0.25, -0.2) is 0 Å². The van der Waals surface area contributed by atoms with Gasteiger partial charge in [-0.3, -0.25) is 15.0 Å². The molecule has 1 aromatic carbocycles. The molecule has 1 aliphatic heterocycles. The molecule has 0 saturated carbocycles. The first-order valence-electron chi connectivity index (χ1n) is 7.77. The fourth-order valence-electron chi connectivity index (χ4n) is 3.07. The molecule has 1 saturated heterocycles. The predicted molar refractivity (Wildman–Crippen MR) is 85.5 cm³/mol. The Bertz CT molecular complexity index is 504. The first-order chi connectivity index (χ1) is 10.0. The topological polar surface area (TPSA) is 58.4 Å². The maximum atomic E-state index is 11.2. The summed E-state index contributed by atoms with van der Waals surface area (Å²) in [6.45, 7) is 9.01. The molecule has 116 valence electrons. The zero-order chi connectivity index (χ0) is 15.4. The molecule has 2 atom stereocenters. The molecule has 2 unspecified atom stereocenters. The van der Waals surface area contributed by atoms with Crippen molar-refractivity contribution in [1.29, 1.82) is 0 Å². The van der Waals surface area contributed by atoms with Crippen LogP contribution in [0.5, 0.6) is 0 Å². The number of para-hydroxylation sites is 1. The van der Waals surface area contributed by atoms with Crippen LogP contribution >= 0.6 is 0 Å². The average molecular weight is 291 g/mol. The van der Waals surface area contributed by atoms with Crippen LogP contribution in [0, 0.1) is 16.0 Å². The number of hydrogen-bond acceptors (Lipinski definition) is 4. The van der Waals surface area contributed by atoms with Crippen LogP contribution in [-0.2, 0) is 6.54 Å². The number of nitrogens with one attached hydrogen (secondary N) is 1. The number of hydrogen-bond donors (Lipinski definition) is 1. The third kappa shape index (κ3) is 3.73. The number of rotatable bonds is 5. The number of nitro groups is 1. The average Bonchev–Trinajstić information content (AvgIpc) is 2.44. The number of likely N-dealkylation sites (tertiary alicyclic amines) is 1. The second-order valence-electron chi connectivity index (χ2n) is 6.06. The second kappa shape index (κ2) is 6.89. The van der Waals surface area contributed by atoms with E-state index in [4.69, 9.17) is 0 Å². The lowest BCUT2D eigenvalue weighted by Crippen LogP contribution is -2.40. The van der Waals surface area contributed by atoms with E-state index >= 15 is 0 Å². The van der Waals surface area contributed by atoms with Crippen molar-refractivity contribution < 1.29 is 4.92 Å². The van der Waals surface area contributed by atoms with Crippen molar-refractivity contribution in [2.75, 3.05) is 18.4 Å². The molecule has 0 amide bonds. The van der Waals surface area contributed by atoms with E-state index in [1.165, 1.54) is 12.8 Å². The van der Waals surface area contributed by atoms with Gasteiger partial charge in [-0.2, -0.15) is 0 Å². The molecular weight excluding hydrogens is 266 g/mol. The Morgan fingerprint density at radius 2 is 2.14 bits per heavy atom. The fraction of sp³-hybridized carbons (Fsp3) is 0.625. The fourth-order valence-corrected chi connectivity index (χ4v) is 3.07. The molecule has 1 aliphatic rings. The van der Waals surface area contributed by atoms with Crippen molar-refractivity contribution >= 4 is 11.4 Å². The van der Waals surface area contributed by atoms with Gasteiger partial charge in [0, 0.05) is 31.7 Å². The highest BCUT2D eigenvalue weighted by Gasteiger charge is 2.25. The second-order valence-corrected chi connectivity index (χ2v) is 6.06. The maximum Gasteiger partial charge on any atom is 0.292 e. The van der Waals surface area contributed by atoms with Crippen LogP contribution < -0.4 is 5.32 Å². The standard InChI is InChI=1S/C16H25N3O2/c1-4-17-16-14(6-5-7-15(16)19(20)21)11-18-10-12(2)8-9-13(18)3/h5-7,12-13,17H,4,8-11H2,1-3H3. The molecule has 1 heterocycles. The summed E-state index contributed by atoms with van der Waals surface area (Å²) in [5.74, 6) is 0.697. The minimum absolute atomic E-state index is 0.173. The van der Waals surface area contributed by atoms with Crippen LogP contribution in [0.3, 0.4) is 0 Å². The summed E-state index contributed by atoms with van der Waals surface area (Å²) >= 11 is 0. The number of piperidine rings is 1. The summed E-state index contributed by atoms with van der Waals surface area (Å²) in [6, 6.07) is 5.89. The van der Waals surface area contributed by atoms with Crippen LogP contribution in [0.1, 0.15) is 39.2 Å². The van der Waals surface area contributed by atoms with Gasteiger partial charge in [-0.15, -0.1) is 0 Å². The molecule has 5 heteroatoms. The number of benzene rings is 1. The van der Waals surface area contributed by atoms with Gasteiger partial charge in [-0.1, -0.05) is 19.1 Å². The lowest BCUT2D eigenvalue weighted by molar-refractivity contribution is -0.384. The zero-order valence-corrected chi connectivity index (χ0v) is 13.1. The summed E-state index contributed by atoms with van der Waals surface area (Å²) in [6.07, 6.45) is 2.47. The Morgan fingerprint density at radius 1 is 1.38 bits per heavy atom. The molecular formula is C16H25N3O2. The number of nitrogens with zero attached hydrogens (tertiary/aromatic N) is 2.